The van der Waals surface area contributed by atoms with Crippen molar-refractivity contribution in [3.8, 4) is 0 Å². The molecular weight excluding hydrogens is 262 g/mol. The van der Waals surface area contributed by atoms with Crippen molar-refractivity contribution in [2.45, 2.75) is 31.1 Å². The van der Waals surface area contributed by atoms with Gasteiger partial charge in [-0.25, -0.2) is 8.42 Å². The van der Waals surface area contributed by atoms with Gasteiger partial charge in [-0.15, -0.1) is 0 Å². The second-order valence-electron chi connectivity index (χ2n) is 5.16. The van der Waals surface area contributed by atoms with Crippen LogP contribution in [0.15, 0.2) is 24.3 Å². The molecular formula is C14H21NO3S. The predicted octanol–water partition coefficient (Wildman–Crippen LogP) is 1.59. The Balaban J connectivity index is 2.04. The molecule has 0 aliphatic carbocycles. The third-order valence-corrected chi connectivity index (χ3v) is 5.90. The van der Waals surface area contributed by atoms with E-state index in [9.17, 15) is 8.42 Å². The lowest BCUT2D eigenvalue weighted by molar-refractivity contribution is 0.0983. The Labute approximate surface area is 114 Å². The molecule has 1 aliphatic rings. The summed E-state index contributed by atoms with van der Waals surface area (Å²) >= 11 is 0. The number of rotatable bonds is 4. The van der Waals surface area contributed by atoms with E-state index in [1.165, 1.54) is 0 Å². The minimum Gasteiger partial charge on any atom is -0.381 e. The average molecular weight is 283 g/mol. The molecule has 1 heterocycles. The van der Waals surface area contributed by atoms with Crippen LogP contribution in [0.3, 0.4) is 0 Å². The van der Waals surface area contributed by atoms with Gasteiger partial charge in [0.1, 0.15) is 0 Å². The minimum atomic E-state index is -3.15. The molecule has 19 heavy (non-hydrogen) atoms. The molecule has 0 saturated carbocycles. The largest absolute Gasteiger partial charge is 0.381 e. The van der Waals surface area contributed by atoms with Crippen molar-refractivity contribution in [1.29, 1.82) is 0 Å². The van der Waals surface area contributed by atoms with Crippen LogP contribution in [0.5, 0.6) is 0 Å². The van der Waals surface area contributed by atoms with Crippen molar-refractivity contribution in [1.82, 2.24) is 0 Å². The van der Waals surface area contributed by atoms with Crippen LogP contribution in [0, 0.1) is 6.92 Å². The van der Waals surface area contributed by atoms with Gasteiger partial charge in [0.25, 0.3) is 0 Å². The molecule has 4 nitrogen and oxygen atoms in total. The van der Waals surface area contributed by atoms with Crippen LogP contribution in [0.4, 0.5) is 0 Å². The predicted molar refractivity (Wildman–Crippen MR) is 75.7 cm³/mol. The van der Waals surface area contributed by atoms with E-state index in [2.05, 4.69) is 0 Å². The van der Waals surface area contributed by atoms with Crippen LogP contribution >= 0.6 is 0 Å². The highest BCUT2D eigenvalue weighted by Crippen LogP contribution is 2.21. The van der Waals surface area contributed by atoms with E-state index in [4.69, 9.17) is 10.5 Å². The molecule has 1 aromatic rings. The number of hydrogen-bond donors (Lipinski definition) is 1. The summed E-state index contributed by atoms with van der Waals surface area (Å²) in [4.78, 5) is 0. The van der Waals surface area contributed by atoms with Crippen molar-refractivity contribution in [3.63, 3.8) is 0 Å². The van der Waals surface area contributed by atoms with E-state index < -0.39 is 15.9 Å². The molecule has 0 amide bonds. The topological polar surface area (TPSA) is 69.4 Å². The second-order valence-corrected chi connectivity index (χ2v) is 7.48. The highest BCUT2D eigenvalue weighted by atomic mass is 32.2. The lowest BCUT2D eigenvalue weighted by atomic mass is 10.1. The van der Waals surface area contributed by atoms with E-state index in [0.29, 0.717) is 26.1 Å². The molecule has 106 valence electrons. The number of ether oxygens (including phenoxy) is 1. The summed E-state index contributed by atoms with van der Waals surface area (Å²) in [6.07, 6.45) is 1.17. The quantitative estimate of drug-likeness (QED) is 0.911. The number of hydrogen-bond acceptors (Lipinski definition) is 4. The zero-order valence-electron chi connectivity index (χ0n) is 11.2. The summed E-state index contributed by atoms with van der Waals surface area (Å²) in [5.74, 6) is 0.0146. The zero-order valence-corrected chi connectivity index (χ0v) is 12.0. The molecule has 1 aliphatic heterocycles. The van der Waals surface area contributed by atoms with Gasteiger partial charge in [0.05, 0.1) is 11.0 Å². The van der Waals surface area contributed by atoms with E-state index in [0.717, 1.165) is 11.1 Å². The Morgan fingerprint density at radius 2 is 1.84 bits per heavy atom. The Morgan fingerprint density at radius 3 is 2.42 bits per heavy atom. The highest BCUT2D eigenvalue weighted by Gasteiger charge is 2.29. The summed E-state index contributed by atoms with van der Waals surface area (Å²) in [7, 11) is -3.15. The lowest BCUT2D eigenvalue weighted by Crippen LogP contribution is -2.34. The molecule has 0 bridgehead atoms. The van der Waals surface area contributed by atoms with Crippen LogP contribution in [-0.2, 0) is 14.6 Å². The number of benzene rings is 1. The molecule has 1 aromatic carbocycles. The molecule has 0 aromatic heterocycles. The fraction of sp³-hybridized carbons (Fsp3) is 0.571. The number of aryl methyl sites for hydroxylation is 1. The molecule has 0 radical (unpaired) electrons. The molecule has 2 N–H and O–H groups in total. The normalized spacial score (nSPS) is 19.3. The zero-order chi connectivity index (χ0) is 13.9. The van der Waals surface area contributed by atoms with Crippen molar-refractivity contribution in [2.24, 2.45) is 5.73 Å². The maximum Gasteiger partial charge on any atom is 0.155 e. The maximum absolute atomic E-state index is 12.3. The van der Waals surface area contributed by atoms with Crippen LogP contribution in [0.1, 0.15) is 30.0 Å². The Hall–Kier alpha value is -0.910. The highest BCUT2D eigenvalue weighted by molar-refractivity contribution is 7.92. The van der Waals surface area contributed by atoms with Gasteiger partial charge in [-0.1, -0.05) is 29.8 Å². The minimum absolute atomic E-state index is 0.0146. The fourth-order valence-electron chi connectivity index (χ4n) is 2.33. The fourth-order valence-corrected chi connectivity index (χ4v) is 4.21. The van der Waals surface area contributed by atoms with Crippen LogP contribution in [0.25, 0.3) is 0 Å². The van der Waals surface area contributed by atoms with Gasteiger partial charge in [-0.05, 0) is 25.3 Å². The first-order chi connectivity index (χ1) is 8.99. The number of nitrogens with two attached hydrogens (primary N) is 1. The first kappa shape index (κ1) is 14.5. The van der Waals surface area contributed by atoms with Crippen molar-refractivity contribution >= 4 is 9.84 Å². The summed E-state index contributed by atoms with van der Waals surface area (Å²) in [6, 6.07) is 7.26. The smallest absolute Gasteiger partial charge is 0.155 e. The Kier molecular flexibility index (Phi) is 4.60. The number of sulfone groups is 1. The standard InChI is InChI=1S/C14H21NO3S/c1-11-2-4-12(5-3-11)14(15)10-19(16,17)13-6-8-18-9-7-13/h2-5,13-14H,6-10,15H2,1H3. The average Bonchev–Trinajstić information content (AvgIpc) is 2.40. The van der Waals surface area contributed by atoms with E-state index in [1.807, 2.05) is 31.2 Å². The van der Waals surface area contributed by atoms with Crippen molar-refractivity contribution in [2.75, 3.05) is 19.0 Å². The van der Waals surface area contributed by atoms with Crippen molar-refractivity contribution in [3.05, 3.63) is 35.4 Å². The first-order valence-electron chi connectivity index (χ1n) is 6.60. The van der Waals surface area contributed by atoms with Crippen molar-refractivity contribution < 1.29 is 13.2 Å². The SMILES string of the molecule is Cc1ccc(C(N)CS(=O)(=O)C2CCOCC2)cc1. The molecule has 0 spiro atoms. The molecule has 2 rings (SSSR count). The van der Waals surface area contributed by atoms with Gasteiger partial charge < -0.3 is 10.5 Å². The van der Waals surface area contributed by atoms with Crippen LogP contribution in [0.2, 0.25) is 0 Å². The van der Waals surface area contributed by atoms with Gasteiger partial charge in [0.15, 0.2) is 9.84 Å². The van der Waals surface area contributed by atoms with Crippen LogP contribution in [-0.4, -0.2) is 32.6 Å². The van der Waals surface area contributed by atoms with E-state index in [1.54, 1.807) is 0 Å². The maximum atomic E-state index is 12.3. The van der Waals surface area contributed by atoms with Gasteiger partial charge in [-0.2, -0.15) is 0 Å². The molecule has 5 heteroatoms. The first-order valence-corrected chi connectivity index (χ1v) is 8.32. The molecule has 1 saturated heterocycles. The lowest BCUT2D eigenvalue weighted by Gasteiger charge is -2.23. The van der Waals surface area contributed by atoms with Gasteiger partial charge >= 0.3 is 0 Å². The summed E-state index contributed by atoms with van der Waals surface area (Å²) < 4.78 is 29.8. The molecule has 1 atom stereocenters. The molecule has 1 fully saturated rings. The molecule has 1 unspecified atom stereocenters. The van der Waals surface area contributed by atoms with Gasteiger partial charge in [0, 0.05) is 19.3 Å². The Morgan fingerprint density at radius 1 is 1.26 bits per heavy atom. The van der Waals surface area contributed by atoms with E-state index in [-0.39, 0.29) is 11.0 Å². The monoisotopic (exact) mass is 283 g/mol. The third kappa shape index (κ3) is 3.78. The Bertz CT molecular complexity index is 504. The van der Waals surface area contributed by atoms with Gasteiger partial charge in [0.2, 0.25) is 0 Å². The third-order valence-electron chi connectivity index (χ3n) is 3.59. The second kappa shape index (κ2) is 6.03. The van der Waals surface area contributed by atoms with E-state index >= 15 is 0 Å². The van der Waals surface area contributed by atoms with Gasteiger partial charge in [-0.3, -0.25) is 0 Å². The van der Waals surface area contributed by atoms with Crippen LogP contribution < -0.4 is 5.73 Å². The summed E-state index contributed by atoms with van der Waals surface area (Å²) in [5, 5.41) is -0.294. The summed E-state index contributed by atoms with van der Waals surface area (Å²) in [5.41, 5.74) is 8.05. The summed E-state index contributed by atoms with van der Waals surface area (Å²) in [6.45, 7) is 3.06.